The molecule has 2 fully saturated rings. The molecular formula is C44H87NO6. The second-order valence-corrected chi connectivity index (χ2v) is 15.2. The van der Waals surface area contributed by atoms with Gasteiger partial charge in [0.15, 0.2) is 0 Å². The molecule has 3 N–H and O–H groups in total. The van der Waals surface area contributed by atoms with Crippen LogP contribution in [-0.2, 0) is 14.2 Å². The number of aliphatic hydroxyl groups is 3. The lowest BCUT2D eigenvalue weighted by Gasteiger charge is -2.47. The van der Waals surface area contributed by atoms with Crippen LogP contribution >= 0.6 is 0 Å². The van der Waals surface area contributed by atoms with Gasteiger partial charge in [-0.1, -0.05) is 96.1 Å². The Bertz CT molecular complexity index is 1010. The molecule has 0 aromatic rings. The van der Waals surface area contributed by atoms with Crippen LogP contribution in [0.25, 0.3) is 0 Å². The molecule has 0 radical (unpaired) electrons. The fraction of sp³-hybridized carbons (Fsp3) is 0.886. The first-order valence-electron chi connectivity index (χ1n) is 20.2. The van der Waals surface area contributed by atoms with Gasteiger partial charge in [-0.15, -0.1) is 11.8 Å². The van der Waals surface area contributed by atoms with Gasteiger partial charge in [0.2, 0.25) is 0 Å². The van der Waals surface area contributed by atoms with Gasteiger partial charge in [0, 0.05) is 32.2 Å². The van der Waals surface area contributed by atoms with Crippen LogP contribution in [0, 0.1) is 47.3 Å². The van der Waals surface area contributed by atoms with Crippen molar-refractivity contribution in [3.63, 3.8) is 0 Å². The largest absolute Gasteiger partial charge is 0.492 e. The Morgan fingerprint density at radius 3 is 1.78 bits per heavy atom. The van der Waals surface area contributed by atoms with E-state index < -0.39 is 29.0 Å². The zero-order chi connectivity index (χ0) is 40.9. The van der Waals surface area contributed by atoms with Crippen LogP contribution in [-0.4, -0.2) is 76.4 Å². The predicted molar refractivity (Wildman–Crippen MR) is 220 cm³/mol. The minimum Gasteiger partial charge on any atom is -0.492 e. The summed E-state index contributed by atoms with van der Waals surface area (Å²) in [6.45, 7) is 40.6. The highest BCUT2D eigenvalue weighted by Gasteiger charge is 2.47. The third-order valence-corrected chi connectivity index (χ3v) is 11.0. The Labute approximate surface area is 317 Å². The van der Waals surface area contributed by atoms with Crippen molar-refractivity contribution in [3.05, 3.63) is 12.3 Å². The number of hydrogen-bond donors (Lipinski definition) is 3. The van der Waals surface area contributed by atoms with Crippen LogP contribution in [0.3, 0.4) is 0 Å². The Morgan fingerprint density at radius 2 is 1.37 bits per heavy atom. The maximum atomic E-state index is 11.9. The summed E-state index contributed by atoms with van der Waals surface area (Å²) in [5, 5.41) is 34.3. The van der Waals surface area contributed by atoms with Crippen LogP contribution in [0.15, 0.2) is 17.3 Å². The molecule has 2 aliphatic rings. The summed E-state index contributed by atoms with van der Waals surface area (Å²) in [7, 11) is 3.46. The van der Waals surface area contributed by atoms with E-state index in [2.05, 4.69) is 71.9 Å². The highest BCUT2D eigenvalue weighted by Crippen LogP contribution is 2.43. The van der Waals surface area contributed by atoms with E-state index in [1.165, 1.54) is 6.42 Å². The topological polar surface area (TPSA) is 101 Å². The summed E-state index contributed by atoms with van der Waals surface area (Å²) in [5.74, 6) is 6.12. The molecule has 0 saturated carbocycles. The molecular weight excluding hydrogens is 638 g/mol. The van der Waals surface area contributed by atoms with Crippen molar-refractivity contribution in [2.75, 3.05) is 14.2 Å². The summed E-state index contributed by atoms with van der Waals surface area (Å²) >= 11 is 0. The molecule has 2 saturated heterocycles. The third kappa shape index (κ3) is 16.6. The second-order valence-electron chi connectivity index (χ2n) is 15.2. The summed E-state index contributed by atoms with van der Waals surface area (Å²) in [5.41, 5.74) is -1.70. The maximum absolute atomic E-state index is 11.9. The number of methoxy groups -OCH3 is 1. The number of nitrogens with zero attached hydrogens (tertiary/aromatic N) is 1. The van der Waals surface area contributed by atoms with Crippen molar-refractivity contribution in [2.45, 2.75) is 204 Å². The summed E-state index contributed by atoms with van der Waals surface area (Å²) in [6, 6.07) is 0. The number of allylic oxidation sites excluding steroid dienone is 1. The van der Waals surface area contributed by atoms with E-state index in [1.54, 1.807) is 7.11 Å². The van der Waals surface area contributed by atoms with E-state index in [1.807, 2.05) is 83.2 Å². The molecule has 2 rings (SSSR count). The fourth-order valence-corrected chi connectivity index (χ4v) is 7.84. The van der Waals surface area contributed by atoms with E-state index in [0.29, 0.717) is 37.9 Å². The Morgan fingerprint density at radius 1 is 0.882 bits per heavy atom. The van der Waals surface area contributed by atoms with Gasteiger partial charge in [-0.25, -0.2) is 0 Å². The smallest absolute Gasteiger partial charge is 0.126 e. The van der Waals surface area contributed by atoms with Crippen LogP contribution < -0.4 is 0 Å². The normalized spacial score (nSPS) is 39.6. The lowest BCUT2D eigenvalue weighted by molar-refractivity contribution is -0.219. The van der Waals surface area contributed by atoms with E-state index >= 15 is 0 Å². The molecule has 7 heteroatoms. The molecule has 2 heterocycles. The number of hydrogen-bond acceptors (Lipinski definition) is 7. The van der Waals surface area contributed by atoms with Crippen molar-refractivity contribution >= 4 is 5.71 Å². The Hall–Kier alpha value is -1.43. The minimum absolute atomic E-state index is 0.0122. The van der Waals surface area contributed by atoms with E-state index in [9.17, 15) is 15.3 Å². The average molecular weight is 726 g/mol. The van der Waals surface area contributed by atoms with Crippen molar-refractivity contribution in [1.82, 2.24) is 0 Å². The van der Waals surface area contributed by atoms with Crippen molar-refractivity contribution in [2.24, 2.45) is 40.5 Å². The highest BCUT2D eigenvalue weighted by molar-refractivity contribution is 5.88. The first-order chi connectivity index (χ1) is 23.7. The van der Waals surface area contributed by atoms with Gasteiger partial charge in [-0.3, -0.25) is 4.99 Å². The van der Waals surface area contributed by atoms with Gasteiger partial charge < -0.3 is 29.5 Å². The fourth-order valence-electron chi connectivity index (χ4n) is 7.84. The van der Waals surface area contributed by atoms with Crippen LogP contribution in [0.4, 0.5) is 0 Å². The maximum Gasteiger partial charge on any atom is 0.126 e. The molecule has 0 spiro atoms. The van der Waals surface area contributed by atoms with Gasteiger partial charge in [0.1, 0.15) is 17.8 Å². The van der Waals surface area contributed by atoms with Crippen molar-refractivity contribution in [3.8, 4) is 11.8 Å². The van der Waals surface area contributed by atoms with Gasteiger partial charge in [-0.2, -0.15) is 0 Å². The van der Waals surface area contributed by atoms with E-state index in [0.717, 1.165) is 5.71 Å². The molecule has 0 aliphatic carbocycles. The molecule has 0 bridgehead atoms. The average Bonchev–Trinajstić information content (AvgIpc) is 3.09. The van der Waals surface area contributed by atoms with Gasteiger partial charge in [-0.05, 0) is 96.8 Å². The van der Waals surface area contributed by atoms with E-state index in [4.69, 9.17) is 14.2 Å². The lowest BCUT2D eigenvalue weighted by atomic mass is 9.69. The molecule has 304 valence electrons. The molecule has 13 atom stereocenters. The standard InChI is InChI=1S/C33H61NO6.C4H6.C3H8.2C2H6/c1-14-28-33(11,37)23(6)21(4)29(34-12)20(3)17-31(9,36)16-19(2)27(22(5)24(7)40-28)15-26-18-32(10,38-13)30(35)25(8)39-26;1-3-4-2;1-3-2;2*1-2/h19-23,25-28,30,35-37H,7,14-18H2,1-6,8-13H3;1-2H3;3H2,1-2H3;2*1-2H3/t19-,20-,21?,22+,23?,25?,26+,27+,28-,30+,31+,32-,33+;;;;/m1..../s1. The van der Waals surface area contributed by atoms with Gasteiger partial charge in [0.05, 0.1) is 29.2 Å². The number of aliphatic imine (C=N–C) groups is 1. The molecule has 51 heavy (non-hydrogen) atoms. The summed E-state index contributed by atoms with van der Waals surface area (Å²) in [4.78, 5) is 4.67. The minimum atomic E-state index is -1.11. The number of rotatable bonds is 4. The van der Waals surface area contributed by atoms with Crippen LogP contribution in [0.2, 0.25) is 0 Å². The zero-order valence-corrected chi connectivity index (χ0v) is 37.2. The lowest BCUT2D eigenvalue weighted by Crippen LogP contribution is -2.56. The number of ether oxygens (including phenoxy) is 3. The summed E-state index contributed by atoms with van der Waals surface area (Å²) in [6.07, 6.45) is 2.77. The van der Waals surface area contributed by atoms with Crippen LogP contribution in [0.1, 0.15) is 163 Å². The molecule has 0 aromatic carbocycles. The zero-order valence-electron chi connectivity index (χ0n) is 37.2. The van der Waals surface area contributed by atoms with Crippen molar-refractivity contribution in [1.29, 1.82) is 0 Å². The van der Waals surface area contributed by atoms with Gasteiger partial charge in [0.25, 0.3) is 0 Å². The molecule has 7 nitrogen and oxygen atoms in total. The Kier molecular flexibility index (Phi) is 27.9. The van der Waals surface area contributed by atoms with Crippen molar-refractivity contribution < 1.29 is 29.5 Å². The third-order valence-electron chi connectivity index (χ3n) is 11.0. The quantitative estimate of drug-likeness (QED) is 0.250. The van der Waals surface area contributed by atoms with Gasteiger partial charge >= 0.3 is 0 Å². The monoisotopic (exact) mass is 726 g/mol. The highest BCUT2D eigenvalue weighted by atomic mass is 16.5. The molecule has 0 amide bonds. The van der Waals surface area contributed by atoms with E-state index in [-0.39, 0.29) is 47.7 Å². The Balaban J connectivity index is -0.00000186. The predicted octanol–water partition coefficient (Wildman–Crippen LogP) is 10.3. The first kappa shape index (κ1) is 53.9. The first-order valence-corrected chi connectivity index (χ1v) is 20.2. The molecule has 0 aromatic heterocycles. The number of aliphatic hydroxyl groups excluding tert-OH is 1. The molecule has 2 aliphatic heterocycles. The second kappa shape index (κ2) is 26.4. The SMILES string of the molecule is C=C1O[C@H](CC)[C@@](C)(O)C(C)C(C)C(=NC)[C@H](C)C[C@@](C)(O)C[C@@H](C)[C@H](C[C@H]2C[C@@](C)(OC)[C@@H](O)C(C)O2)[C@H]1C.CC.CC.CC#CC.CCC. The molecule has 3 unspecified atom stereocenters. The van der Waals surface area contributed by atoms with Crippen LogP contribution in [0.5, 0.6) is 0 Å². The summed E-state index contributed by atoms with van der Waals surface area (Å²) < 4.78 is 18.7.